The summed E-state index contributed by atoms with van der Waals surface area (Å²) in [5, 5.41) is 3.52. The van der Waals surface area contributed by atoms with E-state index >= 15 is 0 Å². The van der Waals surface area contributed by atoms with Gasteiger partial charge in [-0.2, -0.15) is 0 Å². The molecule has 1 aliphatic heterocycles. The zero-order chi connectivity index (χ0) is 16.2. The second-order valence-electron chi connectivity index (χ2n) is 6.65. The van der Waals surface area contributed by atoms with Crippen molar-refractivity contribution in [2.24, 2.45) is 16.6 Å². The first-order chi connectivity index (χ1) is 11.2. The molecular formula is C18H27IN4O. The molecule has 0 spiro atoms. The normalized spacial score (nSPS) is 22.9. The average Bonchev–Trinajstić information content (AvgIpc) is 2.51. The number of hydrogen-bond donors (Lipinski definition) is 2. The summed E-state index contributed by atoms with van der Waals surface area (Å²) in [5.41, 5.74) is 8.27. The summed E-state index contributed by atoms with van der Waals surface area (Å²) in [4.78, 5) is 17.8. The summed E-state index contributed by atoms with van der Waals surface area (Å²) in [6, 6.07) is 8.64. The number of halogens is 1. The number of nitrogens with two attached hydrogens (primary N) is 1. The highest BCUT2D eigenvalue weighted by atomic mass is 127. The van der Waals surface area contributed by atoms with Crippen LogP contribution < -0.4 is 11.1 Å². The lowest BCUT2D eigenvalue weighted by Crippen LogP contribution is -2.48. The molecule has 3 rings (SSSR count). The van der Waals surface area contributed by atoms with Crippen LogP contribution in [0.3, 0.4) is 0 Å². The van der Waals surface area contributed by atoms with Crippen molar-refractivity contribution in [2.45, 2.75) is 31.6 Å². The number of rotatable bonds is 4. The smallest absolute Gasteiger partial charge is 0.217 e. The number of nitrogens with one attached hydrogen (secondary N) is 1. The highest BCUT2D eigenvalue weighted by molar-refractivity contribution is 14.0. The third-order valence-electron chi connectivity index (χ3n) is 4.99. The van der Waals surface area contributed by atoms with Gasteiger partial charge in [0.25, 0.3) is 0 Å². The van der Waals surface area contributed by atoms with Gasteiger partial charge in [0, 0.05) is 39.0 Å². The van der Waals surface area contributed by atoms with E-state index in [1.54, 1.807) is 0 Å². The minimum Gasteiger partial charge on any atom is -0.370 e. The molecule has 1 saturated heterocycles. The number of guanidine groups is 1. The first kappa shape index (κ1) is 19.0. The van der Waals surface area contributed by atoms with Crippen molar-refractivity contribution in [3.05, 3.63) is 35.4 Å². The molecule has 0 bridgehead atoms. The fraction of sp³-hybridized carbons (Fsp3) is 0.556. The van der Waals surface area contributed by atoms with Gasteiger partial charge in [0.15, 0.2) is 5.96 Å². The predicted molar refractivity (Wildman–Crippen MR) is 108 cm³/mol. The number of amides is 1. The lowest BCUT2D eigenvalue weighted by atomic mass is 9.78. The highest BCUT2D eigenvalue weighted by Crippen LogP contribution is 2.34. The van der Waals surface area contributed by atoms with Crippen molar-refractivity contribution < 1.29 is 4.79 Å². The van der Waals surface area contributed by atoms with E-state index in [-0.39, 0.29) is 29.9 Å². The van der Waals surface area contributed by atoms with E-state index in [1.807, 2.05) is 7.05 Å². The average molecular weight is 442 g/mol. The van der Waals surface area contributed by atoms with Gasteiger partial charge < -0.3 is 16.0 Å². The first-order valence-corrected chi connectivity index (χ1v) is 8.49. The number of carbonyl (C=O) groups is 1. The number of piperidine rings is 1. The number of primary amides is 1. The molecule has 0 saturated carbocycles. The van der Waals surface area contributed by atoms with Crippen molar-refractivity contribution >= 4 is 35.8 Å². The Kier molecular flexibility index (Phi) is 6.89. The third kappa shape index (κ3) is 4.40. The minimum absolute atomic E-state index is 0. The largest absolute Gasteiger partial charge is 0.370 e. The standard InChI is InChI=1S/C18H26N4O.HI/c1-20-18(22-8-4-5-13(12-22)9-17(19)23)21-11-15-10-14-6-2-3-7-16(14)15;/h2-3,6-7,13,15H,4-5,8-12H2,1H3,(H2,19,23)(H,20,21);1H. The van der Waals surface area contributed by atoms with Crippen LogP contribution in [0.2, 0.25) is 0 Å². The molecule has 6 heteroatoms. The number of nitrogens with zero attached hydrogens (tertiary/aromatic N) is 2. The lowest BCUT2D eigenvalue weighted by Gasteiger charge is -2.36. The van der Waals surface area contributed by atoms with E-state index in [0.29, 0.717) is 18.3 Å². The van der Waals surface area contributed by atoms with Crippen molar-refractivity contribution in [1.29, 1.82) is 0 Å². The van der Waals surface area contributed by atoms with Crippen LogP contribution in [0.1, 0.15) is 36.3 Å². The summed E-state index contributed by atoms with van der Waals surface area (Å²) in [5.74, 6) is 1.67. The highest BCUT2D eigenvalue weighted by Gasteiger charge is 2.27. The molecule has 0 radical (unpaired) electrons. The lowest BCUT2D eigenvalue weighted by molar-refractivity contribution is -0.119. The van der Waals surface area contributed by atoms with E-state index in [1.165, 1.54) is 11.1 Å². The molecule has 1 aromatic rings. The van der Waals surface area contributed by atoms with Crippen LogP contribution in [-0.4, -0.2) is 43.4 Å². The van der Waals surface area contributed by atoms with Crippen molar-refractivity contribution in [1.82, 2.24) is 10.2 Å². The number of benzene rings is 1. The van der Waals surface area contributed by atoms with Gasteiger partial charge in [-0.3, -0.25) is 9.79 Å². The topological polar surface area (TPSA) is 70.7 Å². The monoisotopic (exact) mass is 442 g/mol. The maximum atomic E-state index is 11.1. The van der Waals surface area contributed by atoms with Gasteiger partial charge in [-0.1, -0.05) is 24.3 Å². The van der Waals surface area contributed by atoms with Crippen LogP contribution >= 0.6 is 24.0 Å². The van der Waals surface area contributed by atoms with Crippen LogP contribution in [0, 0.1) is 5.92 Å². The van der Waals surface area contributed by atoms with E-state index in [9.17, 15) is 4.79 Å². The molecule has 0 aromatic heterocycles. The summed E-state index contributed by atoms with van der Waals surface area (Å²) in [7, 11) is 1.83. The SMILES string of the molecule is CN=C(NCC1Cc2ccccc21)N1CCCC(CC(N)=O)C1.I. The maximum Gasteiger partial charge on any atom is 0.217 e. The molecule has 1 heterocycles. The third-order valence-corrected chi connectivity index (χ3v) is 4.99. The minimum atomic E-state index is -0.203. The second kappa shape index (κ2) is 8.69. The molecule has 5 nitrogen and oxygen atoms in total. The summed E-state index contributed by atoms with van der Waals surface area (Å²) >= 11 is 0. The molecular weight excluding hydrogens is 415 g/mol. The first-order valence-electron chi connectivity index (χ1n) is 8.49. The zero-order valence-electron chi connectivity index (χ0n) is 14.2. The van der Waals surface area contributed by atoms with Crippen molar-refractivity contribution in [3.63, 3.8) is 0 Å². The Morgan fingerprint density at radius 2 is 2.21 bits per heavy atom. The van der Waals surface area contributed by atoms with E-state index in [2.05, 4.69) is 39.5 Å². The Morgan fingerprint density at radius 1 is 1.42 bits per heavy atom. The van der Waals surface area contributed by atoms with Gasteiger partial charge in [-0.25, -0.2) is 0 Å². The van der Waals surface area contributed by atoms with Crippen LogP contribution in [0.15, 0.2) is 29.3 Å². The Balaban J connectivity index is 0.00000208. The van der Waals surface area contributed by atoms with Crippen molar-refractivity contribution in [3.8, 4) is 0 Å². The molecule has 3 N–H and O–H groups in total. The molecule has 24 heavy (non-hydrogen) atoms. The van der Waals surface area contributed by atoms with Gasteiger partial charge in [0.05, 0.1) is 0 Å². The fourth-order valence-electron chi connectivity index (χ4n) is 3.80. The van der Waals surface area contributed by atoms with Gasteiger partial charge in [-0.15, -0.1) is 24.0 Å². The molecule has 1 fully saturated rings. The predicted octanol–water partition coefficient (Wildman–Crippen LogP) is 2.11. The van der Waals surface area contributed by atoms with Crippen molar-refractivity contribution in [2.75, 3.05) is 26.7 Å². The molecule has 2 unspecified atom stereocenters. The van der Waals surface area contributed by atoms with Gasteiger partial charge in [-0.05, 0) is 36.3 Å². The number of hydrogen-bond acceptors (Lipinski definition) is 2. The zero-order valence-corrected chi connectivity index (χ0v) is 16.5. The molecule has 2 aliphatic rings. The number of fused-ring (bicyclic) bond motifs is 1. The van der Waals surface area contributed by atoms with E-state index in [4.69, 9.17) is 5.73 Å². The van der Waals surface area contributed by atoms with E-state index < -0.39 is 0 Å². The molecule has 132 valence electrons. The summed E-state index contributed by atoms with van der Waals surface area (Å²) in [6.07, 6.45) is 3.78. The maximum absolute atomic E-state index is 11.1. The molecule has 1 amide bonds. The Hall–Kier alpha value is -1.31. The van der Waals surface area contributed by atoms with Crippen LogP contribution in [0.4, 0.5) is 0 Å². The van der Waals surface area contributed by atoms with Crippen LogP contribution in [0.5, 0.6) is 0 Å². The number of aliphatic imine (C=N–C) groups is 1. The number of carbonyl (C=O) groups excluding carboxylic acids is 1. The van der Waals surface area contributed by atoms with Gasteiger partial charge in [0.1, 0.15) is 0 Å². The second-order valence-corrected chi connectivity index (χ2v) is 6.65. The van der Waals surface area contributed by atoms with Crippen LogP contribution in [-0.2, 0) is 11.2 Å². The Labute approximate surface area is 161 Å². The van der Waals surface area contributed by atoms with Gasteiger partial charge >= 0.3 is 0 Å². The Bertz CT molecular complexity index is 604. The Morgan fingerprint density at radius 3 is 2.92 bits per heavy atom. The fourth-order valence-corrected chi connectivity index (χ4v) is 3.80. The molecule has 1 aliphatic carbocycles. The quantitative estimate of drug-likeness (QED) is 0.427. The molecule has 1 aromatic carbocycles. The summed E-state index contributed by atoms with van der Waals surface area (Å²) < 4.78 is 0. The van der Waals surface area contributed by atoms with Crippen LogP contribution in [0.25, 0.3) is 0 Å². The summed E-state index contributed by atoms with van der Waals surface area (Å²) in [6.45, 7) is 2.78. The molecule has 2 atom stereocenters. The van der Waals surface area contributed by atoms with Gasteiger partial charge in [0.2, 0.25) is 5.91 Å². The number of likely N-dealkylation sites (tertiary alicyclic amines) is 1. The van der Waals surface area contributed by atoms with E-state index in [0.717, 1.165) is 44.9 Å².